The van der Waals surface area contributed by atoms with Crippen molar-refractivity contribution < 1.29 is 22.8 Å². The molecule has 0 aromatic heterocycles. The van der Waals surface area contributed by atoms with Crippen LogP contribution in [0.1, 0.15) is 57.8 Å². The molecule has 25 heavy (non-hydrogen) atoms. The molecule has 0 amide bonds. The molecule has 2 saturated carbocycles. The molecule has 0 bridgehead atoms. The summed E-state index contributed by atoms with van der Waals surface area (Å²) >= 11 is 0. The Bertz CT molecular complexity index is 444. The predicted octanol–water partition coefficient (Wildman–Crippen LogP) is 3.54. The van der Waals surface area contributed by atoms with E-state index in [2.05, 4.69) is 0 Å². The summed E-state index contributed by atoms with van der Waals surface area (Å²) < 4.78 is 29.0. The highest BCUT2D eigenvalue weighted by Gasteiger charge is 2.46. The first-order valence-electron chi connectivity index (χ1n) is 10.3. The van der Waals surface area contributed by atoms with Crippen molar-refractivity contribution in [2.24, 2.45) is 11.8 Å². The van der Waals surface area contributed by atoms with E-state index in [0.717, 1.165) is 37.3 Å². The van der Waals surface area contributed by atoms with E-state index in [4.69, 9.17) is 22.8 Å². The summed E-state index contributed by atoms with van der Waals surface area (Å²) in [6, 6.07) is 0.934. The van der Waals surface area contributed by atoms with Gasteiger partial charge in [0.1, 0.15) is 0 Å². The largest absolute Gasteiger partial charge is 0.500 e. The van der Waals surface area contributed by atoms with E-state index in [0.29, 0.717) is 24.4 Å². The molecule has 2 saturated heterocycles. The molecule has 6 atom stereocenters. The highest BCUT2D eigenvalue weighted by atomic mass is 28.4. The summed E-state index contributed by atoms with van der Waals surface area (Å²) in [5, 5.41) is 0. The first-order valence-corrected chi connectivity index (χ1v) is 12.2. The number of epoxide rings is 2. The van der Waals surface area contributed by atoms with Gasteiger partial charge >= 0.3 is 8.80 Å². The van der Waals surface area contributed by atoms with E-state index in [9.17, 15) is 0 Å². The normalized spacial score (nSPS) is 39.6. The van der Waals surface area contributed by atoms with Crippen LogP contribution in [-0.4, -0.2) is 54.0 Å². The molecule has 2 heterocycles. The van der Waals surface area contributed by atoms with Gasteiger partial charge in [0.05, 0.1) is 24.4 Å². The lowest BCUT2D eigenvalue weighted by atomic mass is 9.86. The molecule has 0 radical (unpaired) electrons. The van der Waals surface area contributed by atoms with Gasteiger partial charge in [0.2, 0.25) is 0 Å². The lowest BCUT2D eigenvalue weighted by molar-refractivity contribution is 0.0919. The van der Waals surface area contributed by atoms with Crippen LogP contribution in [0.2, 0.25) is 6.04 Å². The van der Waals surface area contributed by atoms with Gasteiger partial charge in [0.15, 0.2) is 0 Å². The Kier molecular flexibility index (Phi) is 5.84. The number of ether oxygens (including phenoxy) is 2. The average molecular weight is 371 g/mol. The topological polar surface area (TPSA) is 52.8 Å². The Morgan fingerprint density at radius 3 is 1.96 bits per heavy atom. The average Bonchev–Trinajstić information content (AvgIpc) is 3.55. The molecule has 6 heteroatoms. The van der Waals surface area contributed by atoms with Gasteiger partial charge in [0, 0.05) is 26.9 Å². The predicted molar refractivity (Wildman–Crippen MR) is 96.4 cm³/mol. The maximum atomic E-state index is 6.22. The minimum atomic E-state index is -2.49. The molecule has 6 unspecified atom stereocenters. The van der Waals surface area contributed by atoms with Gasteiger partial charge in [-0.2, -0.15) is 0 Å². The summed E-state index contributed by atoms with van der Waals surface area (Å²) in [7, 11) is 1.01. The van der Waals surface area contributed by atoms with Crippen LogP contribution in [0, 0.1) is 11.8 Å². The van der Waals surface area contributed by atoms with Gasteiger partial charge in [-0.3, -0.25) is 0 Å². The van der Waals surface area contributed by atoms with Crippen molar-refractivity contribution in [3.05, 3.63) is 0 Å². The molecule has 4 rings (SSSR count). The Hall–Kier alpha value is 0.0169. The number of fused-ring (bicyclic) bond motifs is 2. The summed E-state index contributed by atoms with van der Waals surface area (Å²) in [5.41, 5.74) is 0. The van der Waals surface area contributed by atoms with Gasteiger partial charge in [-0.25, -0.2) is 0 Å². The lowest BCUT2D eigenvalue weighted by Crippen LogP contribution is -2.44. The third-order valence-corrected chi connectivity index (χ3v) is 9.57. The van der Waals surface area contributed by atoms with E-state index in [1.807, 2.05) is 0 Å². The Labute approximate surface area is 153 Å². The molecule has 2 aliphatic heterocycles. The quantitative estimate of drug-likeness (QED) is 0.334. The molecule has 0 aromatic carbocycles. The Balaban J connectivity index is 1.15. The molecular weight excluding hydrogens is 336 g/mol. The molecule has 0 spiro atoms. The summed E-state index contributed by atoms with van der Waals surface area (Å²) in [6.45, 7) is 0.762. The maximum Gasteiger partial charge on any atom is 0.500 e. The zero-order valence-electron chi connectivity index (χ0n) is 15.8. The van der Waals surface area contributed by atoms with Gasteiger partial charge < -0.3 is 22.8 Å². The van der Waals surface area contributed by atoms with E-state index in [1.54, 1.807) is 14.2 Å². The van der Waals surface area contributed by atoms with Crippen LogP contribution in [-0.2, 0) is 22.8 Å². The second-order valence-corrected chi connectivity index (χ2v) is 11.4. The first-order chi connectivity index (χ1) is 12.2. The van der Waals surface area contributed by atoms with Crippen molar-refractivity contribution in [3.8, 4) is 0 Å². The number of hydrogen-bond acceptors (Lipinski definition) is 5. The summed E-state index contributed by atoms with van der Waals surface area (Å²) in [4.78, 5) is 0. The Morgan fingerprint density at radius 1 is 0.800 bits per heavy atom. The second-order valence-electron chi connectivity index (χ2n) is 8.40. The van der Waals surface area contributed by atoms with Gasteiger partial charge in [0.25, 0.3) is 0 Å². The molecule has 0 aromatic rings. The van der Waals surface area contributed by atoms with Crippen LogP contribution in [0.15, 0.2) is 0 Å². The van der Waals surface area contributed by atoms with Crippen LogP contribution in [0.4, 0.5) is 0 Å². The number of hydrogen-bond donors (Lipinski definition) is 0. The van der Waals surface area contributed by atoms with Crippen LogP contribution in [0.25, 0.3) is 0 Å². The van der Waals surface area contributed by atoms with Crippen LogP contribution in [0.3, 0.4) is 0 Å². The van der Waals surface area contributed by atoms with Crippen molar-refractivity contribution in [2.75, 3.05) is 20.8 Å². The van der Waals surface area contributed by atoms with Gasteiger partial charge in [-0.05, 0) is 69.6 Å². The highest BCUT2D eigenvalue weighted by Crippen LogP contribution is 2.42. The summed E-state index contributed by atoms with van der Waals surface area (Å²) in [5.74, 6) is 1.57. The first kappa shape index (κ1) is 18.4. The molecule has 0 N–H and O–H groups in total. The van der Waals surface area contributed by atoms with Crippen LogP contribution >= 0.6 is 0 Å². The minimum absolute atomic E-state index is 0.548. The maximum absolute atomic E-state index is 6.22. The Morgan fingerprint density at radius 2 is 1.40 bits per heavy atom. The van der Waals surface area contributed by atoms with E-state index >= 15 is 0 Å². The molecule has 5 nitrogen and oxygen atoms in total. The van der Waals surface area contributed by atoms with Gasteiger partial charge in [-0.1, -0.05) is 0 Å². The van der Waals surface area contributed by atoms with Crippen molar-refractivity contribution >= 4 is 8.80 Å². The standard InChI is InChI=1S/C19H34O5Si/c1-20-25(21-2,11-9-15-6-8-17-19(13-15)24-17)22-10-3-4-14-5-7-16-18(12-14)23-16/h14-19H,3-13H2,1-2H3. The third-order valence-electron chi connectivity index (χ3n) is 6.78. The monoisotopic (exact) mass is 370 g/mol. The fraction of sp³-hybridized carbons (Fsp3) is 1.00. The lowest BCUT2D eigenvalue weighted by Gasteiger charge is -2.29. The SMILES string of the molecule is CO[Si](CCC1CCC2OC2C1)(OC)OCCCC1CCC2OC2C1. The van der Waals surface area contributed by atoms with Crippen molar-refractivity contribution in [3.63, 3.8) is 0 Å². The molecule has 4 aliphatic rings. The third kappa shape index (κ3) is 4.65. The van der Waals surface area contributed by atoms with Gasteiger partial charge in [-0.15, -0.1) is 0 Å². The molecular formula is C19H34O5Si. The molecule has 144 valence electrons. The zero-order valence-corrected chi connectivity index (χ0v) is 16.8. The smallest absolute Gasteiger partial charge is 0.377 e. The van der Waals surface area contributed by atoms with E-state index in [-0.39, 0.29) is 0 Å². The fourth-order valence-electron chi connectivity index (χ4n) is 4.96. The highest BCUT2D eigenvalue weighted by molar-refractivity contribution is 6.60. The number of rotatable bonds is 10. The van der Waals surface area contributed by atoms with Crippen LogP contribution in [0.5, 0.6) is 0 Å². The van der Waals surface area contributed by atoms with E-state index in [1.165, 1.54) is 44.9 Å². The molecule has 4 fully saturated rings. The van der Waals surface area contributed by atoms with E-state index < -0.39 is 8.80 Å². The second kappa shape index (κ2) is 7.95. The molecule has 2 aliphatic carbocycles. The van der Waals surface area contributed by atoms with Crippen molar-refractivity contribution in [2.45, 2.75) is 88.2 Å². The fourth-order valence-corrected chi connectivity index (χ4v) is 7.13. The van der Waals surface area contributed by atoms with Crippen molar-refractivity contribution in [1.82, 2.24) is 0 Å². The zero-order chi connectivity index (χ0) is 17.3. The van der Waals surface area contributed by atoms with Crippen LogP contribution < -0.4 is 0 Å². The summed E-state index contributed by atoms with van der Waals surface area (Å²) in [6.07, 6.45) is 13.4. The van der Waals surface area contributed by atoms with Crippen molar-refractivity contribution in [1.29, 1.82) is 0 Å². The minimum Gasteiger partial charge on any atom is -0.377 e.